The van der Waals surface area contributed by atoms with Crippen molar-refractivity contribution < 1.29 is 9.50 Å². The number of nitrogens with zero attached hydrogens (tertiary/aromatic N) is 1. The molecule has 0 aliphatic carbocycles. The van der Waals surface area contributed by atoms with E-state index in [4.69, 9.17) is 11.6 Å². The van der Waals surface area contributed by atoms with Crippen LogP contribution in [0.4, 0.5) is 4.39 Å². The van der Waals surface area contributed by atoms with Crippen LogP contribution in [0.15, 0.2) is 18.7 Å². The first kappa shape index (κ1) is 12.3. The van der Waals surface area contributed by atoms with Crippen LogP contribution in [0.1, 0.15) is 19.4 Å². The van der Waals surface area contributed by atoms with E-state index in [0.29, 0.717) is 20.2 Å². The SMILES string of the molecule is C=CC(C)(C)c1c(O)c(F)cc2nc(Cl)sc12. The van der Waals surface area contributed by atoms with Crippen LogP contribution < -0.4 is 0 Å². The summed E-state index contributed by atoms with van der Waals surface area (Å²) >= 11 is 7.05. The lowest BCUT2D eigenvalue weighted by Gasteiger charge is -2.22. The molecule has 5 heteroatoms. The second kappa shape index (κ2) is 3.96. The summed E-state index contributed by atoms with van der Waals surface area (Å²) in [6.45, 7) is 7.41. The van der Waals surface area contributed by atoms with E-state index in [1.54, 1.807) is 6.08 Å². The predicted molar refractivity (Wildman–Crippen MR) is 69.5 cm³/mol. The van der Waals surface area contributed by atoms with Crippen molar-refractivity contribution >= 4 is 33.2 Å². The van der Waals surface area contributed by atoms with E-state index in [0.717, 1.165) is 0 Å². The van der Waals surface area contributed by atoms with E-state index < -0.39 is 11.2 Å². The fourth-order valence-corrected chi connectivity index (χ4v) is 3.00. The van der Waals surface area contributed by atoms with E-state index in [2.05, 4.69) is 11.6 Å². The average Bonchev–Trinajstić information content (AvgIpc) is 2.59. The van der Waals surface area contributed by atoms with Gasteiger partial charge in [-0.05, 0) is 0 Å². The molecule has 0 spiro atoms. The topological polar surface area (TPSA) is 33.1 Å². The average molecular weight is 272 g/mol. The molecule has 1 aromatic heterocycles. The van der Waals surface area contributed by atoms with E-state index >= 15 is 0 Å². The van der Waals surface area contributed by atoms with Gasteiger partial charge < -0.3 is 5.11 Å². The minimum absolute atomic E-state index is 0.325. The lowest BCUT2D eigenvalue weighted by molar-refractivity contribution is 0.418. The molecule has 1 N–H and O–H groups in total. The molecule has 0 radical (unpaired) electrons. The minimum Gasteiger partial charge on any atom is -0.505 e. The Morgan fingerprint density at radius 2 is 2.24 bits per heavy atom. The van der Waals surface area contributed by atoms with Crippen LogP contribution in [0.2, 0.25) is 4.47 Å². The van der Waals surface area contributed by atoms with Gasteiger partial charge in [-0.3, -0.25) is 0 Å². The van der Waals surface area contributed by atoms with Gasteiger partial charge in [0.2, 0.25) is 0 Å². The third-order valence-corrected chi connectivity index (χ3v) is 3.93. The van der Waals surface area contributed by atoms with E-state index in [1.807, 2.05) is 13.8 Å². The van der Waals surface area contributed by atoms with Crippen molar-refractivity contribution in [3.8, 4) is 5.75 Å². The second-order valence-corrected chi connectivity index (χ2v) is 5.90. The smallest absolute Gasteiger partial charge is 0.184 e. The Balaban J connectivity index is 2.92. The lowest BCUT2D eigenvalue weighted by Crippen LogP contribution is -2.14. The maximum atomic E-state index is 13.6. The summed E-state index contributed by atoms with van der Waals surface area (Å²) in [5.41, 5.74) is 0.382. The van der Waals surface area contributed by atoms with Crippen LogP contribution in [-0.4, -0.2) is 10.1 Å². The van der Waals surface area contributed by atoms with Crippen molar-refractivity contribution in [2.24, 2.45) is 0 Å². The van der Waals surface area contributed by atoms with Gasteiger partial charge in [0, 0.05) is 17.0 Å². The number of phenols is 1. The molecule has 0 atom stereocenters. The molecule has 0 saturated heterocycles. The summed E-state index contributed by atoms with van der Waals surface area (Å²) in [7, 11) is 0. The van der Waals surface area contributed by atoms with Crippen molar-refractivity contribution in [2.45, 2.75) is 19.3 Å². The van der Waals surface area contributed by atoms with Gasteiger partial charge in [-0.25, -0.2) is 9.37 Å². The van der Waals surface area contributed by atoms with Gasteiger partial charge >= 0.3 is 0 Å². The summed E-state index contributed by atoms with van der Waals surface area (Å²) in [5, 5.41) is 9.88. The molecule has 0 amide bonds. The number of halogens is 2. The highest BCUT2D eigenvalue weighted by molar-refractivity contribution is 7.22. The number of allylic oxidation sites excluding steroid dienone is 1. The number of phenolic OH excluding ortho intramolecular Hbond substituents is 1. The second-order valence-electron chi connectivity index (χ2n) is 4.32. The highest BCUT2D eigenvalue weighted by atomic mass is 35.5. The fourth-order valence-electron chi connectivity index (χ4n) is 1.70. The molecule has 2 aromatic rings. The molecular formula is C12H11ClFNOS. The third-order valence-electron chi connectivity index (χ3n) is 2.74. The summed E-state index contributed by atoms with van der Waals surface area (Å²) in [4.78, 5) is 4.02. The number of benzene rings is 1. The standard InChI is InChI=1S/C12H11ClFNOS/c1-4-12(2,3)8-9(16)6(14)5-7-10(8)17-11(13)15-7/h4-5,16H,1H2,2-3H3. The molecule has 17 heavy (non-hydrogen) atoms. The van der Waals surface area contributed by atoms with E-state index in [1.165, 1.54) is 17.4 Å². The summed E-state index contributed by atoms with van der Waals surface area (Å²) < 4.78 is 14.6. The first-order chi connectivity index (χ1) is 7.86. The van der Waals surface area contributed by atoms with Crippen molar-refractivity contribution in [1.82, 2.24) is 4.98 Å². The Labute approximate surface area is 107 Å². The number of hydrogen-bond acceptors (Lipinski definition) is 3. The molecule has 0 unspecified atom stereocenters. The highest BCUT2D eigenvalue weighted by Gasteiger charge is 2.27. The number of aromatic hydroxyl groups is 1. The van der Waals surface area contributed by atoms with Crippen LogP contribution in [0.25, 0.3) is 10.2 Å². The van der Waals surface area contributed by atoms with Crippen molar-refractivity contribution in [1.29, 1.82) is 0 Å². The molecular weight excluding hydrogens is 261 g/mol. The third kappa shape index (κ3) is 1.91. The summed E-state index contributed by atoms with van der Waals surface area (Å²) in [6, 6.07) is 1.19. The first-order valence-corrected chi connectivity index (χ1v) is 6.18. The molecule has 1 aromatic carbocycles. The van der Waals surface area contributed by atoms with Gasteiger partial charge in [-0.1, -0.05) is 31.5 Å². The van der Waals surface area contributed by atoms with Gasteiger partial charge in [0.25, 0.3) is 0 Å². The van der Waals surface area contributed by atoms with Crippen LogP contribution in [0.3, 0.4) is 0 Å². The molecule has 90 valence electrons. The number of aromatic nitrogens is 1. The van der Waals surface area contributed by atoms with Gasteiger partial charge in [-0.2, -0.15) is 0 Å². The first-order valence-electron chi connectivity index (χ1n) is 4.98. The Hall–Kier alpha value is -1.13. The van der Waals surface area contributed by atoms with Crippen molar-refractivity contribution in [3.63, 3.8) is 0 Å². The molecule has 1 heterocycles. The highest BCUT2D eigenvalue weighted by Crippen LogP contribution is 2.42. The number of thiazole rings is 1. The van der Waals surface area contributed by atoms with E-state index in [-0.39, 0.29) is 5.75 Å². The fraction of sp³-hybridized carbons (Fsp3) is 0.250. The lowest BCUT2D eigenvalue weighted by atomic mass is 9.84. The number of rotatable bonds is 2. The van der Waals surface area contributed by atoms with Crippen LogP contribution in [0.5, 0.6) is 5.75 Å². The van der Waals surface area contributed by atoms with Gasteiger partial charge in [0.05, 0.1) is 10.2 Å². The Kier molecular flexibility index (Phi) is 2.87. The number of fused-ring (bicyclic) bond motifs is 1. The molecule has 0 saturated carbocycles. The zero-order valence-electron chi connectivity index (χ0n) is 9.42. The molecule has 0 aliphatic rings. The molecule has 2 rings (SSSR count). The zero-order chi connectivity index (χ0) is 12.8. The molecule has 0 fully saturated rings. The normalized spacial score (nSPS) is 12.0. The summed E-state index contributed by atoms with van der Waals surface area (Å²) in [6.07, 6.45) is 1.66. The monoisotopic (exact) mass is 271 g/mol. The van der Waals surface area contributed by atoms with Gasteiger partial charge in [0.15, 0.2) is 16.0 Å². The maximum Gasteiger partial charge on any atom is 0.184 e. The Bertz CT molecular complexity index is 606. The maximum absolute atomic E-state index is 13.6. The predicted octanol–water partition coefficient (Wildman–Crippen LogP) is 4.26. The van der Waals surface area contributed by atoms with Gasteiger partial charge in [-0.15, -0.1) is 17.9 Å². The quantitative estimate of drug-likeness (QED) is 0.828. The Morgan fingerprint density at radius 3 is 2.82 bits per heavy atom. The van der Waals surface area contributed by atoms with Crippen LogP contribution >= 0.6 is 22.9 Å². The largest absolute Gasteiger partial charge is 0.505 e. The minimum atomic E-state index is -0.690. The van der Waals surface area contributed by atoms with Crippen LogP contribution in [-0.2, 0) is 5.41 Å². The molecule has 0 aliphatic heterocycles. The molecule has 0 bridgehead atoms. The zero-order valence-corrected chi connectivity index (χ0v) is 11.0. The van der Waals surface area contributed by atoms with Crippen molar-refractivity contribution in [3.05, 3.63) is 34.6 Å². The van der Waals surface area contributed by atoms with E-state index in [9.17, 15) is 9.50 Å². The summed E-state index contributed by atoms with van der Waals surface area (Å²) in [5.74, 6) is -1.05. The Morgan fingerprint density at radius 1 is 1.59 bits per heavy atom. The van der Waals surface area contributed by atoms with Crippen LogP contribution in [0, 0.1) is 5.82 Å². The number of hydrogen-bond donors (Lipinski definition) is 1. The van der Waals surface area contributed by atoms with Gasteiger partial charge in [0.1, 0.15) is 0 Å². The van der Waals surface area contributed by atoms with Crippen molar-refractivity contribution in [2.75, 3.05) is 0 Å². The molecule has 2 nitrogen and oxygen atoms in total.